The van der Waals surface area contributed by atoms with E-state index in [1.807, 2.05) is 6.08 Å². The minimum Gasteiger partial charge on any atom is -0.103 e. The average molecular weight is 261 g/mol. The van der Waals surface area contributed by atoms with Crippen molar-refractivity contribution < 1.29 is 0 Å². The van der Waals surface area contributed by atoms with Gasteiger partial charge in [0, 0.05) is 4.83 Å². The van der Waals surface area contributed by atoms with Gasteiger partial charge in [0.05, 0.1) is 0 Å². The lowest BCUT2D eigenvalue weighted by Crippen LogP contribution is -1.96. The first-order valence-electron chi connectivity index (χ1n) is 6.06. The molecule has 0 spiro atoms. The highest BCUT2D eigenvalue weighted by Crippen LogP contribution is 2.16. The van der Waals surface area contributed by atoms with Crippen molar-refractivity contribution in [2.24, 2.45) is 0 Å². The summed E-state index contributed by atoms with van der Waals surface area (Å²) in [4.78, 5) is 0.765. The summed E-state index contributed by atoms with van der Waals surface area (Å²) in [5.41, 5.74) is 0. The smallest absolute Gasteiger partial charge is 0.0145 e. The first kappa shape index (κ1) is 14.2. The normalized spacial score (nSPS) is 12.7. The van der Waals surface area contributed by atoms with Crippen LogP contribution in [0.15, 0.2) is 12.7 Å². The van der Waals surface area contributed by atoms with Gasteiger partial charge in [-0.1, -0.05) is 61.0 Å². The van der Waals surface area contributed by atoms with Crippen LogP contribution in [-0.4, -0.2) is 4.83 Å². The van der Waals surface area contributed by atoms with Gasteiger partial charge in [0.25, 0.3) is 0 Å². The molecule has 14 heavy (non-hydrogen) atoms. The van der Waals surface area contributed by atoms with Gasteiger partial charge in [-0.25, -0.2) is 0 Å². The van der Waals surface area contributed by atoms with Crippen LogP contribution in [0.2, 0.25) is 0 Å². The Bertz CT molecular complexity index is 120. The van der Waals surface area contributed by atoms with Crippen LogP contribution in [0.5, 0.6) is 0 Å². The Labute approximate surface area is 98.3 Å². The summed E-state index contributed by atoms with van der Waals surface area (Å²) in [6.07, 6.45) is 14.1. The Morgan fingerprint density at radius 2 is 1.71 bits per heavy atom. The van der Waals surface area contributed by atoms with Gasteiger partial charge in [0.2, 0.25) is 0 Å². The molecule has 0 radical (unpaired) electrons. The molecule has 0 aromatic carbocycles. The van der Waals surface area contributed by atoms with Gasteiger partial charge in [-0.2, -0.15) is 0 Å². The summed E-state index contributed by atoms with van der Waals surface area (Å²) in [7, 11) is 0. The molecule has 1 heteroatoms. The van der Waals surface area contributed by atoms with E-state index in [0.29, 0.717) is 0 Å². The number of hydrogen-bond acceptors (Lipinski definition) is 0. The summed E-state index contributed by atoms with van der Waals surface area (Å²) in [5, 5.41) is 0. The zero-order valence-electron chi connectivity index (χ0n) is 9.60. The van der Waals surface area contributed by atoms with E-state index in [-0.39, 0.29) is 0 Å². The fourth-order valence-corrected chi connectivity index (χ4v) is 2.42. The fourth-order valence-electron chi connectivity index (χ4n) is 1.64. The molecule has 0 heterocycles. The van der Waals surface area contributed by atoms with Crippen LogP contribution in [0.1, 0.15) is 64.7 Å². The standard InChI is InChI=1S/C13H25Br/c1-3-5-6-7-8-9-10-12-13(14)11-4-2/h3,13H,1,4-12H2,2H3. The Hall–Kier alpha value is 0.220. The highest BCUT2D eigenvalue weighted by atomic mass is 79.9. The summed E-state index contributed by atoms with van der Waals surface area (Å²) in [5.74, 6) is 0. The van der Waals surface area contributed by atoms with Crippen molar-refractivity contribution in [2.75, 3.05) is 0 Å². The molecule has 84 valence electrons. The van der Waals surface area contributed by atoms with Crippen LogP contribution in [0.3, 0.4) is 0 Å². The Balaban J connectivity index is 3.01. The van der Waals surface area contributed by atoms with Crippen molar-refractivity contribution in [3.05, 3.63) is 12.7 Å². The summed E-state index contributed by atoms with van der Waals surface area (Å²) >= 11 is 3.72. The van der Waals surface area contributed by atoms with E-state index >= 15 is 0 Å². The molecule has 0 fully saturated rings. The Morgan fingerprint density at radius 1 is 1.07 bits per heavy atom. The van der Waals surface area contributed by atoms with Crippen molar-refractivity contribution >= 4 is 15.9 Å². The number of allylic oxidation sites excluding steroid dienone is 1. The van der Waals surface area contributed by atoms with Crippen LogP contribution in [-0.2, 0) is 0 Å². The molecule has 0 saturated heterocycles. The van der Waals surface area contributed by atoms with Crippen molar-refractivity contribution in [3.63, 3.8) is 0 Å². The second kappa shape index (κ2) is 11.3. The SMILES string of the molecule is C=CCCCCCCCC(Br)CCC. The molecule has 0 aliphatic carbocycles. The second-order valence-corrected chi connectivity index (χ2v) is 5.31. The van der Waals surface area contributed by atoms with Crippen LogP contribution in [0.4, 0.5) is 0 Å². The maximum absolute atomic E-state index is 3.73. The molecular weight excluding hydrogens is 236 g/mol. The summed E-state index contributed by atoms with van der Waals surface area (Å²) in [6.45, 7) is 5.99. The molecule has 0 aliphatic heterocycles. The van der Waals surface area contributed by atoms with Crippen LogP contribution in [0.25, 0.3) is 0 Å². The predicted molar refractivity (Wildman–Crippen MR) is 70.1 cm³/mol. The van der Waals surface area contributed by atoms with Gasteiger partial charge in [-0.3, -0.25) is 0 Å². The van der Waals surface area contributed by atoms with Gasteiger partial charge in [0.15, 0.2) is 0 Å². The first-order valence-corrected chi connectivity index (χ1v) is 6.97. The van der Waals surface area contributed by atoms with Gasteiger partial charge >= 0.3 is 0 Å². The lowest BCUT2D eigenvalue weighted by Gasteiger charge is -2.07. The van der Waals surface area contributed by atoms with E-state index in [2.05, 4.69) is 29.4 Å². The molecule has 0 nitrogen and oxygen atoms in total. The van der Waals surface area contributed by atoms with Crippen LogP contribution < -0.4 is 0 Å². The van der Waals surface area contributed by atoms with Gasteiger partial charge < -0.3 is 0 Å². The van der Waals surface area contributed by atoms with E-state index in [9.17, 15) is 0 Å². The molecule has 0 saturated carbocycles. The fraction of sp³-hybridized carbons (Fsp3) is 0.846. The third-order valence-electron chi connectivity index (χ3n) is 2.53. The molecule has 0 aromatic rings. The quantitative estimate of drug-likeness (QED) is 0.278. The average Bonchev–Trinajstić information content (AvgIpc) is 2.17. The molecule has 0 amide bonds. The number of alkyl halides is 1. The minimum atomic E-state index is 0.765. The molecule has 0 bridgehead atoms. The molecule has 0 rings (SSSR count). The maximum Gasteiger partial charge on any atom is 0.0145 e. The first-order chi connectivity index (χ1) is 6.81. The molecular formula is C13H25Br. The summed E-state index contributed by atoms with van der Waals surface area (Å²) in [6, 6.07) is 0. The third kappa shape index (κ3) is 10.3. The number of halogens is 1. The lowest BCUT2D eigenvalue weighted by atomic mass is 10.1. The maximum atomic E-state index is 3.73. The van der Waals surface area contributed by atoms with Crippen molar-refractivity contribution in [1.29, 1.82) is 0 Å². The number of hydrogen-bond donors (Lipinski definition) is 0. The third-order valence-corrected chi connectivity index (χ3v) is 3.44. The zero-order chi connectivity index (χ0) is 10.6. The van der Waals surface area contributed by atoms with Crippen LogP contribution in [0, 0.1) is 0 Å². The van der Waals surface area contributed by atoms with Gasteiger partial charge in [-0.15, -0.1) is 6.58 Å². The molecule has 0 aliphatic rings. The molecule has 0 aromatic heterocycles. The molecule has 0 N–H and O–H groups in total. The monoisotopic (exact) mass is 260 g/mol. The minimum absolute atomic E-state index is 0.765. The van der Waals surface area contributed by atoms with E-state index < -0.39 is 0 Å². The van der Waals surface area contributed by atoms with Crippen LogP contribution >= 0.6 is 15.9 Å². The lowest BCUT2D eigenvalue weighted by molar-refractivity contribution is 0.577. The Morgan fingerprint density at radius 3 is 2.36 bits per heavy atom. The zero-order valence-corrected chi connectivity index (χ0v) is 11.2. The highest BCUT2D eigenvalue weighted by molar-refractivity contribution is 9.09. The number of unbranched alkanes of at least 4 members (excludes halogenated alkanes) is 5. The van der Waals surface area contributed by atoms with Crippen molar-refractivity contribution in [2.45, 2.75) is 69.5 Å². The van der Waals surface area contributed by atoms with Crippen molar-refractivity contribution in [3.8, 4) is 0 Å². The number of rotatable bonds is 10. The Kier molecular flexibility index (Phi) is 11.5. The van der Waals surface area contributed by atoms with E-state index in [0.717, 1.165) is 4.83 Å². The van der Waals surface area contributed by atoms with E-state index in [1.54, 1.807) is 0 Å². The van der Waals surface area contributed by atoms with E-state index in [1.165, 1.54) is 57.8 Å². The predicted octanol–water partition coefficient (Wildman–Crippen LogP) is 5.47. The van der Waals surface area contributed by atoms with E-state index in [4.69, 9.17) is 0 Å². The summed E-state index contributed by atoms with van der Waals surface area (Å²) < 4.78 is 0. The van der Waals surface area contributed by atoms with Gasteiger partial charge in [0.1, 0.15) is 0 Å². The highest BCUT2D eigenvalue weighted by Gasteiger charge is 2.01. The second-order valence-electron chi connectivity index (χ2n) is 4.02. The van der Waals surface area contributed by atoms with Gasteiger partial charge in [-0.05, 0) is 25.7 Å². The van der Waals surface area contributed by atoms with Crippen molar-refractivity contribution in [1.82, 2.24) is 0 Å². The molecule has 1 atom stereocenters. The topological polar surface area (TPSA) is 0 Å². The molecule has 1 unspecified atom stereocenters. The largest absolute Gasteiger partial charge is 0.103 e.